The minimum Gasteiger partial charge on any atom is -0.462 e. The lowest BCUT2D eigenvalue weighted by Crippen LogP contribution is -2.10. The predicted octanol–water partition coefficient (Wildman–Crippen LogP) is 2.89. The van der Waals surface area contributed by atoms with E-state index in [-0.39, 0.29) is 13.2 Å². The van der Waals surface area contributed by atoms with E-state index in [1.54, 1.807) is 10.7 Å². The van der Waals surface area contributed by atoms with Gasteiger partial charge in [0.2, 0.25) is 0 Å². The number of aliphatic hydroxyl groups is 2. The quantitative estimate of drug-likeness (QED) is 0.612. The second kappa shape index (κ2) is 7.53. The van der Waals surface area contributed by atoms with Crippen LogP contribution in [-0.4, -0.2) is 26.6 Å². The van der Waals surface area contributed by atoms with E-state index in [1.165, 1.54) is 0 Å². The fourth-order valence-corrected chi connectivity index (χ4v) is 2.49. The molecule has 6 nitrogen and oxygen atoms in total. The van der Waals surface area contributed by atoms with Crippen molar-refractivity contribution < 1.29 is 14.6 Å². The first-order valence-electron chi connectivity index (χ1n) is 7.56. The SMILES string of the molecule is OCCn1nc(-c2ccc(Cl)cc2)cc1NCc1ccc(CO)o1. The maximum atomic E-state index is 9.23. The first-order valence-corrected chi connectivity index (χ1v) is 7.94. The Morgan fingerprint density at radius 2 is 1.83 bits per heavy atom. The van der Waals surface area contributed by atoms with E-state index in [1.807, 2.05) is 36.4 Å². The summed E-state index contributed by atoms with van der Waals surface area (Å²) in [6.45, 7) is 0.710. The van der Waals surface area contributed by atoms with Crippen molar-refractivity contribution in [2.75, 3.05) is 11.9 Å². The van der Waals surface area contributed by atoms with Crippen molar-refractivity contribution in [1.29, 1.82) is 0 Å². The lowest BCUT2D eigenvalue weighted by molar-refractivity contribution is 0.244. The molecule has 2 aromatic heterocycles. The summed E-state index contributed by atoms with van der Waals surface area (Å²) in [6, 6.07) is 12.9. The lowest BCUT2D eigenvalue weighted by atomic mass is 10.1. The minimum absolute atomic E-state index is 0.00810. The van der Waals surface area contributed by atoms with Crippen molar-refractivity contribution in [3.05, 3.63) is 59.0 Å². The number of nitrogens with zero attached hydrogens (tertiary/aromatic N) is 2. The zero-order valence-electron chi connectivity index (χ0n) is 12.9. The standard InChI is InChI=1S/C17H18ClN3O3/c18-13-3-1-12(2-4-13)16-9-17(21(20-16)7-8-22)19-10-14-5-6-15(11-23)24-14/h1-6,9,19,22-23H,7-8,10-11H2. The van der Waals surface area contributed by atoms with Gasteiger partial charge in [0.05, 0.1) is 25.4 Å². The number of aromatic nitrogens is 2. The van der Waals surface area contributed by atoms with E-state index in [0.717, 1.165) is 17.1 Å². The first kappa shape index (κ1) is 16.6. The first-order chi connectivity index (χ1) is 11.7. The van der Waals surface area contributed by atoms with Gasteiger partial charge in [-0.25, -0.2) is 4.68 Å². The lowest BCUT2D eigenvalue weighted by Gasteiger charge is -2.07. The highest BCUT2D eigenvalue weighted by Crippen LogP contribution is 2.24. The van der Waals surface area contributed by atoms with Crippen LogP contribution >= 0.6 is 11.6 Å². The van der Waals surface area contributed by atoms with Crippen LogP contribution in [0.5, 0.6) is 0 Å². The molecule has 0 aliphatic carbocycles. The van der Waals surface area contributed by atoms with Crippen LogP contribution in [0.1, 0.15) is 11.5 Å². The number of hydrogen-bond acceptors (Lipinski definition) is 5. The number of hydrogen-bond donors (Lipinski definition) is 3. The Morgan fingerprint density at radius 3 is 2.50 bits per heavy atom. The smallest absolute Gasteiger partial charge is 0.129 e. The molecule has 0 atom stereocenters. The molecule has 3 N–H and O–H groups in total. The molecule has 0 aliphatic rings. The van der Waals surface area contributed by atoms with Crippen LogP contribution in [0.25, 0.3) is 11.3 Å². The molecule has 0 saturated carbocycles. The van der Waals surface area contributed by atoms with Gasteiger partial charge in [-0.05, 0) is 24.3 Å². The fourth-order valence-electron chi connectivity index (χ4n) is 2.37. The van der Waals surface area contributed by atoms with E-state index in [2.05, 4.69) is 10.4 Å². The van der Waals surface area contributed by atoms with Crippen molar-refractivity contribution in [3.63, 3.8) is 0 Å². The van der Waals surface area contributed by atoms with Crippen molar-refractivity contribution in [2.24, 2.45) is 0 Å². The van der Waals surface area contributed by atoms with Gasteiger partial charge in [-0.15, -0.1) is 0 Å². The molecule has 0 bridgehead atoms. The molecule has 2 heterocycles. The molecule has 0 unspecified atom stereocenters. The summed E-state index contributed by atoms with van der Waals surface area (Å²) in [5, 5.41) is 26.7. The van der Waals surface area contributed by atoms with Gasteiger partial charge in [0, 0.05) is 16.7 Å². The van der Waals surface area contributed by atoms with E-state index in [0.29, 0.717) is 29.6 Å². The largest absolute Gasteiger partial charge is 0.462 e. The molecule has 7 heteroatoms. The molecule has 3 aromatic rings. The predicted molar refractivity (Wildman–Crippen MR) is 91.7 cm³/mol. The molecule has 0 aliphatic heterocycles. The van der Waals surface area contributed by atoms with Crippen LogP contribution < -0.4 is 5.32 Å². The second-order valence-electron chi connectivity index (χ2n) is 5.25. The molecule has 0 fully saturated rings. The Bertz CT molecular complexity index is 796. The van der Waals surface area contributed by atoms with Crippen LogP contribution in [0.2, 0.25) is 5.02 Å². The molecule has 0 radical (unpaired) electrons. The topological polar surface area (TPSA) is 83.5 Å². The maximum Gasteiger partial charge on any atom is 0.129 e. The van der Waals surface area contributed by atoms with Gasteiger partial charge in [-0.3, -0.25) is 0 Å². The summed E-state index contributed by atoms with van der Waals surface area (Å²) >= 11 is 5.92. The van der Waals surface area contributed by atoms with Crippen molar-refractivity contribution >= 4 is 17.4 Å². The monoisotopic (exact) mass is 347 g/mol. The molecule has 0 amide bonds. The summed E-state index contributed by atoms with van der Waals surface area (Å²) < 4.78 is 7.16. The minimum atomic E-state index is -0.122. The van der Waals surface area contributed by atoms with E-state index >= 15 is 0 Å². The van der Waals surface area contributed by atoms with Crippen LogP contribution in [0.15, 0.2) is 46.9 Å². The highest BCUT2D eigenvalue weighted by atomic mass is 35.5. The van der Waals surface area contributed by atoms with Crippen molar-refractivity contribution in [1.82, 2.24) is 9.78 Å². The number of rotatable bonds is 7. The highest BCUT2D eigenvalue weighted by Gasteiger charge is 2.10. The number of halogens is 1. The number of aliphatic hydroxyl groups excluding tert-OH is 2. The Labute approximate surface area is 144 Å². The van der Waals surface area contributed by atoms with Crippen molar-refractivity contribution in [2.45, 2.75) is 19.7 Å². The summed E-state index contributed by atoms with van der Waals surface area (Å²) in [5.41, 5.74) is 1.73. The van der Waals surface area contributed by atoms with Gasteiger partial charge in [-0.1, -0.05) is 23.7 Å². The van der Waals surface area contributed by atoms with Crippen molar-refractivity contribution in [3.8, 4) is 11.3 Å². The maximum absolute atomic E-state index is 9.23. The third-order valence-corrected chi connectivity index (χ3v) is 3.80. The van der Waals surface area contributed by atoms with Crippen LogP contribution in [-0.2, 0) is 19.7 Å². The summed E-state index contributed by atoms with van der Waals surface area (Å²) in [7, 11) is 0. The molecular formula is C17H18ClN3O3. The molecular weight excluding hydrogens is 330 g/mol. The number of anilines is 1. The van der Waals surface area contributed by atoms with Crippen LogP contribution in [0.4, 0.5) is 5.82 Å². The van der Waals surface area contributed by atoms with Gasteiger partial charge >= 0.3 is 0 Å². The zero-order valence-corrected chi connectivity index (χ0v) is 13.7. The molecule has 0 saturated heterocycles. The van der Waals surface area contributed by atoms with E-state index < -0.39 is 0 Å². The summed E-state index contributed by atoms with van der Waals surface area (Å²) in [4.78, 5) is 0. The van der Waals surface area contributed by atoms with Crippen LogP contribution in [0, 0.1) is 0 Å². The van der Waals surface area contributed by atoms with Gasteiger partial charge < -0.3 is 19.9 Å². The molecule has 126 valence electrons. The second-order valence-corrected chi connectivity index (χ2v) is 5.68. The zero-order chi connectivity index (χ0) is 16.9. The normalized spacial score (nSPS) is 11.0. The number of nitrogens with one attached hydrogen (secondary N) is 1. The Hall–Kier alpha value is -2.28. The third kappa shape index (κ3) is 3.79. The summed E-state index contributed by atoms with van der Waals surface area (Å²) in [6.07, 6.45) is 0. The Kier molecular flexibility index (Phi) is 5.20. The van der Waals surface area contributed by atoms with Gasteiger partial charge in [0.1, 0.15) is 23.9 Å². The van der Waals surface area contributed by atoms with Crippen LogP contribution in [0.3, 0.4) is 0 Å². The Morgan fingerprint density at radius 1 is 1.08 bits per heavy atom. The van der Waals surface area contributed by atoms with E-state index in [4.69, 9.17) is 21.1 Å². The fraction of sp³-hybridized carbons (Fsp3) is 0.235. The van der Waals surface area contributed by atoms with Gasteiger partial charge in [0.15, 0.2) is 0 Å². The highest BCUT2D eigenvalue weighted by molar-refractivity contribution is 6.30. The van der Waals surface area contributed by atoms with Gasteiger partial charge in [-0.2, -0.15) is 5.10 Å². The summed E-state index contributed by atoms with van der Waals surface area (Å²) in [5.74, 6) is 2.01. The Balaban J connectivity index is 1.79. The third-order valence-electron chi connectivity index (χ3n) is 3.55. The molecule has 3 rings (SSSR count). The average Bonchev–Trinajstić information content (AvgIpc) is 3.21. The van der Waals surface area contributed by atoms with Gasteiger partial charge in [0.25, 0.3) is 0 Å². The number of furan rings is 1. The molecule has 24 heavy (non-hydrogen) atoms. The molecule has 1 aromatic carbocycles. The average molecular weight is 348 g/mol. The number of benzene rings is 1. The van der Waals surface area contributed by atoms with E-state index in [9.17, 15) is 5.11 Å². The molecule has 0 spiro atoms.